The fourth-order valence-electron chi connectivity index (χ4n) is 4.31. The van der Waals surface area contributed by atoms with Gasteiger partial charge in [-0.15, -0.1) is 0 Å². The Kier molecular flexibility index (Phi) is 8.27. The molecule has 5 nitrogen and oxygen atoms in total. The quantitative estimate of drug-likeness (QED) is 0.595. The summed E-state index contributed by atoms with van der Waals surface area (Å²) in [7, 11) is 0. The van der Waals surface area contributed by atoms with Gasteiger partial charge in [0.2, 0.25) is 5.91 Å². The number of benzene rings is 1. The maximum Gasteiger partial charge on any atom is 0.222 e. The van der Waals surface area contributed by atoms with Crippen molar-refractivity contribution in [2.75, 3.05) is 31.1 Å². The minimum atomic E-state index is 0.275. The van der Waals surface area contributed by atoms with Crippen LogP contribution in [-0.2, 0) is 24.1 Å². The van der Waals surface area contributed by atoms with Crippen molar-refractivity contribution in [1.29, 1.82) is 0 Å². The van der Waals surface area contributed by atoms with Gasteiger partial charge in [-0.3, -0.25) is 4.79 Å². The molecular weight excluding hydrogens is 396 g/mol. The van der Waals surface area contributed by atoms with Crippen LogP contribution in [-0.4, -0.2) is 47.0 Å². The molecule has 1 amide bonds. The van der Waals surface area contributed by atoms with E-state index < -0.39 is 0 Å². The molecule has 3 rings (SSSR count). The van der Waals surface area contributed by atoms with E-state index in [2.05, 4.69) is 70.7 Å². The lowest BCUT2D eigenvalue weighted by atomic mass is 10.00. The highest BCUT2D eigenvalue weighted by Gasteiger charge is 2.26. The molecule has 5 heteroatoms. The molecule has 0 atom stereocenters. The Labute approximate surface area is 194 Å². The van der Waals surface area contributed by atoms with E-state index in [9.17, 15) is 4.79 Å². The van der Waals surface area contributed by atoms with Gasteiger partial charge in [-0.05, 0) is 30.7 Å². The number of aryl methyl sites for hydroxylation is 2. The molecule has 0 saturated carbocycles. The van der Waals surface area contributed by atoms with Crippen molar-refractivity contribution < 1.29 is 4.79 Å². The summed E-state index contributed by atoms with van der Waals surface area (Å²) in [6, 6.07) is 8.77. The van der Waals surface area contributed by atoms with Crippen LogP contribution in [0, 0.1) is 18.8 Å². The van der Waals surface area contributed by atoms with E-state index in [1.54, 1.807) is 0 Å². The molecule has 0 bridgehead atoms. The van der Waals surface area contributed by atoms with E-state index in [-0.39, 0.29) is 5.91 Å². The van der Waals surface area contributed by atoms with Gasteiger partial charge in [0.15, 0.2) is 0 Å². The topological polar surface area (TPSA) is 49.3 Å². The Morgan fingerprint density at radius 2 is 1.62 bits per heavy atom. The van der Waals surface area contributed by atoms with Crippen molar-refractivity contribution in [3.05, 3.63) is 52.5 Å². The van der Waals surface area contributed by atoms with E-state index in [0.29, 0.717) is 18.3 Å². The normalized spacial score (nSPS) is 14.5. The minimum Gasteiger partial charge on any atom is -0.353 e. The number of hydrogen-bond donors (Lipinski definition) is 0. The second kappa shape index (κ2) is 10.9. The summed E-state index contributed by atoms with van der Waals surface area (Å²) in [5.74, 6) is 3.20. The van der Waals surface area contributed by atoms with Crippen molar-refractivity contribution in [3.63, 3.8) is 0 Å². The number of carbonyl (C=O) groups is 1. The lowest BCUT2D eigenvalue weighted by Crippen LogP contribution is -2.49. The van der Waals surface area contributed by atoms with Crippen molar-refractivity contribution in [1.82, 2.24) is 14.9 Å². The molecule has 1 aromatic heterocycles. The fourth-order valence-corrected chi connectivity index (χ4v) is 4.31. The van der Waals surface area contributed by atoms with E-state index in [1.165, 1.54) is 16.7 Å². The van der Waals surface area contributed by atoms with Crippen LogP contribution in [0.5, 0.6) is 0 Å². The average molecular weight is 437 g/mol. The van der Waals surface area contributed by atoms with Crippen LogP contribution >= 0.6 is 0 Å². The first-order valence-electron chi connectivity index (χ1n) is 12.2. The Bertz CT molecular complexity index is 897. The molecule has 0 unspecified atom stereocenters. The summed E-state index contributed by atoms with van der Waals surface area (Å²) < 4.78 is 0. The van der Waals surface area contributed by atoms with Crippen molar-refractivity contribution >= 4 is 11.7 Å². The molecule has 1 aromatic carbocycles. The maximum atomic E-state index is 12.5. The minimum absolute atomic E-state index is 0.275. The summed E-state index contributed by atoms with van der Waals surface area (Å²) >= 11 is 0. The Hall–Kier alpha value is -2.43. The molecule has 0 radical (unpaired) electrons. The largest absolute Gasteiger partial charge is 0.353 e. The van der Waals surface area contributed by atoms with Crippen LogP contribution < -0.4 is 4.90 Å². The predicted octanol–water partition coefficient (Wildman–Crippen LogP) is 4.83. The van der Waals surface area contributed by atoms with Crippen LogP contribution in [0.1, 0.15) is 69.2 Å². The van der Waals surface area contributed by atoms with Crippen molar-refractivity contribution in [3.8, 4) is 0 Å². The van der Waals surface area contributed by atoms with E-state index in [0.717, 1.165) is 62.8 Å². The molecular formula is C27H40N4O. The van der Waals surface area contributed by atoms with Gasteiger partial charge >= 0.3 is 0 Å². The first-order valence-corrected chi connectivity index (χ1v) is 12.2. The number of aromatic nitrogens is 2. The Balaban J connectivity index is 1.89. The molecule has 174 valence electrons. The highest BCUT2D eigenvalue weighted by Crippen LogP contribution is 2.27. The highest BCUT2D eigenvalue weighted by molar-refractivity contribution is 5.76. The van der Waals surface area contributed by atoms with Crippen LogP contribution in [0.2, 0.25) is 0 Å². The third-order valence-electron chi connectivity index (χ3n) is 6.06. The molecule has 1 aliphatic heterocycles. The first-order chi connectivity index (χ1) is 15.3. The molecule has 1 aliphatic rings. The van der Waals surface area contributed by atoms with Gasteiger partial charge in [0.25, 0.3) is 0 Å². The smallest absolute Gasteiger partial charge is 0.222 e. The van der Waals surface area contributed by atoms with E-state index >= 15 is 0 Å². The van der Waals surface area contributed by atoms with Crippen LogP contribution in [0.4, 0.5) is 5.82 Å². The Morgan fingerprint density at radius 1 is 0.969 bits per heavy atom. The van der Waals surface area contributed by atoms with Gasteiger partial charge in [0, 0.05) is 56.7 Å². The zero-order chi connectivity index (χ0) is 23.3. The summed E-state index contributed by atoms with van der Waals surface area (Å²) in [6.07, 6.45) is 3.25. The Morgan fingerprint density at radius 3 is 2.19 bits per heavy atom. The lowest BCUT2D eigenvalue weighted by molar-refractivity contribution is -0.132. The summed E-state index contributed by atoms with van der Waals surface area (Å²) in [6.45, 7) is 16.1. The van der Waals surface area contributed by atoms with Crippen molar-refractivity contribution in [2.45, 2.75) is 67.2 Å². The van der Waals surface area contributed by atoms with Crippen LogP contribution in [0.25, 0.3) is 0 Å². The molecule has 1 fully saturated rings. The third-order valence-corrected chi connectivity index (χ3v) is 6.06. The number of anilines is 1. The summed E-state index contributed by atoms with van der Waals surface area (Å²) in [5, 5.41) is 0. The average Bonchev–Trinajstić information content (AvgIpc) is 2.75. The predicted molar refractivity (Wildman–Crippen MR) is 132 cm³/mol. The number of rotatable bonds is 8. The monoisotopic (exact) mass is 436 g/mol. The molecule has 0 N–H and O–H groups in total. The number of hydrogen-bond acceptors (Lipinski definition) is 4. The maximum absolute atomic E-state index is 12.5. The van der Waals surface area contributed by atoms with Gasteiger partial charge in [-0.25, -0.2) is 9.97 Å². The highest BCUT2D eigenvalue weighted by atomic mass is 16.2. The number of nitrogens with zero attached hydrogens (tertiary/aromatic N) is 4. The standard InChI is InChI=1S/C27H40N4O/c1-7-24-23(18-22-10-8-21(6)9-11-22)27(29-25(28-24)16-19(2)3)31-14-12-30(13-15-31)26(32)17-20(4)5/h8-11,19-20H,7,12-18H2,1-6H3. The van der Waals surface area contributed by atoms with Gasteiger partial charge in [0.1, 0.15) is 11.6 Å². The number of piperazine rings is 1. The zero-order valence-corrected chi connectivity index (χ0v) is 20.8. The molecule has 1 saturated heterocycles. The van der Waals surface area contributed by atoms with E-state index in [4.69, 9.17) is 9.97 Å². The zero-order valence-electron chi connectivity index (χ0n) is 20.8. The molecule has 0 spiro atoms. The van der Waals surface area contributed by atoms with Gasteiger partial charge in [-0.1, -0.05) is 64.4 Å². The van der Waals surface area contributed by atoms with E-state index in [1.807, 2.05) is 4.90 Å². The lowest BCUT2D eigenvalue weighted by Gasteiger charge is -2.37. The molecule has 2 heterocycles. The van der Waals surface area contributed by atoms with Crippen LogP contribution in [0.15, 0.2) is 24.3 Å². The molecule has 2 aromatic rings. The first kappa shape index (κ1) is 24.2. The second-order valence-corrected chi connectivity index (χ2v) is 9.97. The molecule has 0 aliphatic carbocycles. The van der Waals surface area contributed by atoms with Gasteiger partial charge in [0.05, 0.1) is 0 Å². The summed E-state index contributed by atoms with van der Waals surface area (Å²) in [4.78, 5) is 27.0. The molecule has 32 heavy (non-hydrogen) atoms. The van der Waals surface area contributed by atoms with Gasteiger partial charge < -0.3 is 9.80 Å². The second-order valence-electron chi connectivity index (χ2n) is 9.97. The van der Waals surface area contributed by atoms with Crippen LogP contribution in [0.3, 0.4) is 0 Å². The SMILES string of the molecule is CCc1nc(CC(C)C)nc(N2CCN(C(=O)CC(C)C)CC2)c1Cc1ccc(C)cc1. The van der Waals surface area contributed by atoms with Crippen molar-refractivity contribution in [2.24, 2.45) is 11.8 Å². The fraction of sp³-hybridized carbons (Fsp3) is 0.593. The summed E-state index contributed by atoms with van der Waals surface area (Å²) in [5.41, 5.74) is 4.96. The van der Waals surface area contributed by atoms with Gasteiger partial charge in [-0.2, -0.15) is 0 Å². The third kappa shape index (κ3) is 6.30. The number of amides is 1. The number of carbonyl (C=O) groups excluding carboxylic acids is 1.